The number of carbonyl (C=O) groups excluding carboxylic acids is 1. The van der Waals surface area contributed by atoms with Crippen LogP contribution in [0.3, 0.4) is 0 Å². The third-order valence-corrected chi connectivity index (χ3v) is 6.15. The maximum atomic E-state index is 12.8. The average molecular weight is 312 g/mol. The smallest absolute Gasteiger partial charge is 0.225 e. The first-order chi connectivity index (χ1) is 11.1. The number of nitrogens with zero attached hydrogens (tertiary/aromatic N) is 2. The fraction of sp³-hybridized carbons (Fsp3) is 0.650. The number of hydrogen-bond acceptors (Lipinski definition) is 2. The Morgan fingerprint density at radius 1 is 1.13 bits per heavy atom. The molecule has 23 heavy (non-hydrogen) atoms. The highest BCUT2D eigenvalue weighted by molar-refractivity contribution is 5.79. The van der Waals surface area contributed by atoms with Crippen LogP contribution in [-0.2, 0) is 10.2 Å². The molecule has 1 amide bonds. The van der Waals surface area contributed by atoms with E-state index in [-0.39, 0.29) is 5.41 Å². The van der Waals surface area contributed by atoms with Crippen LogP contribution in [0.15, 0.2) is 24.3 Å². The predicted molar refractivity (Wildman–Crippen MR) is 92.3 cm³/mol. The Labute approximate surface area is 139 Å². The molecule has 2 heterocycles. The van der Waals surface area contributed by atoms with Gasteiger partial charge in [-0.3, -0.25) is 9.69 Å². The molecular weight excluding hydrogens is 284 g/mol. The SMILES string of the molecule is CC1(C)CN2CCN(C(=O)C3CCCC3)CC2c2ccccc21. The minimum atomic E-state index is 0.199. The fourth-order valence-corrected chi connectivity index (χ4v) is 4.93. The number of hydrogen-bond donors (Lipinski definition) is 0. The second-order valence-corrected chi connectivity index (χ2v) is 8.22. The molecule has 1 atom stereocenters. The van der Waals surface area contributed by atoms with Gasteiger partial charge in [0.05, 0.1) is 6.04 Å². The summed E-state index contributed by atoms with van der Waals surface area (Å²) in [7, 11) is 0. The summed E-state index contributed by atoms with van der Waals surface area (Å²) in [5.74, 6) is 0.723. The van der Waals surface area contributed by atoms with Gasteiger partial charge in [0, 0.05) is 37.5 Å². The molecule has 1 aromatic carbocycles. The van der Waals surface area contributed by atoms with Crippen LogP contribution >= 0.6 is 0 Å². The van der Waals surface area contributed by atoms with E-state index in [9.17, 15) is 4.79 Å². The number of piperazine rings is 1. The summed E-state index contributed by atoms with van der Waals surface area (Å²) in [5, 5.41) is 0. The molecule has 1 saturated heterocycles. The minimum absolute atomic E-state index is 0.199. The Morgan fingerprint density at radius 3 is 2.65 bits per heavy atom. The minimum Gasteiger partial charge on any atom is -0.339 e. The topological polar surface area (TPSA) is 23.6 Å². The Bertz CT molecular complexity index is 603. The maximum Gasteiger partial charge on any atom is 0.225 e. The van der Waals surface area contributed by atoms with E-state index in [1.165, 1.54) is 24.0 Å². The van der Waals surface area contributed by atoms with Crippen molar-refractivity contribution in [1.29, 1.82) is 0 Å². The van der Waals surface area contributed by atoms with Crippen molar-refractivity contribution in [2.24, 2.45) is 5.92 Å². The monoisotopic (exact) mass is 312 g/mol. The van der Waals surface area contributed by atoms with E-state index in [0.717, 1.165) is 39.0 Å². The first kappa shape index (κ1) is 15.2. The van der Waals surface area contributed by atoms with Gasteiger partial charge in [-0.25, -0.2) is 0 Å². The van der Waals surface area contributed by atoms with E-state index >= 15 is 0 Å². The molecule has 3 aliphatic rings. The van der Waals surface area contributed by atoms with Crippen molar-refractivity contribution >= 4 is 5.91 Å². The molecule has 0 N–H and O–H groups in total. The molecule has 0 radical (unpaired) electrons. The highest BCUT2D eigenvalue weighted by Gasteiger charge is 2.41. The molecule has 0 spiro atoms. The van der Waals surface area contributed by atoms with Gasteiger partial charge in [0.25, 0.3) is 0 Å². The Kier molecular flexibility index (Phi) is 3.72. The van der Waals surface area contributed by atoms with Crippen LogP contribution in [0.1, 0.15) is 56.7 Å². The Morgan fingerprint density at radius 2 is 1.87 bits per heavy atom. The van der Waals surface area contributed by atoms with E-state index in [4.69, 9.17) is 0 Å². The summed E-state index contributed by atoms with van der Waals surface area (Å²) in [5.41, 5.74) is 3.11. The normalized spacial score (nSPS) is 27.6. The lowest BCUT2D eigenvalue weighted by molar-refractivity contribution is -0.138. The van der Waals surface area contributed by atoms with Crippen molar-refractivity contribution in [2.75, 3.05) is 26.2 Å². The van der Waals surface area contributed by atoms with Crippen molar-refractivity contribution in [2.45, 2.75) is 51.0 Å². The van der Waals surface area contributed by atoms with E-state index in [0.29, 0.717) is 17.9 Å². The first-order valence-corrected chi connectivity index (χ1v) is 9.18. The van der Waals surface area contributed by atoms with Gasteiger partial charge in [-0.05, 0) is 24.0 Å². The molecule has 0 bridgehead atoms. The van der Waals surface area contributed by atoms with E-state index in [2.05, 4.69) is 47.9 Å². The summed E-state index contributed by atoms with van der Waals surface area (Å²) in [6, 6.07) is 9.25. The van der Waals surface area contributed by atoms with E-state index < -0.39 is 0 Å². The van der Waals surface area contributed by atoms with Gasteiger partial charge >= 0.3 is 0 Å². The molecule has 3 heteroatoms. The van der Waals surface area contributed by atoms with Crippen molar-refractivity contribution in [3.8, 4) is 0 Å². The average Bonchev–Trinajstić information content (AvgIpc) is 3.08. The van der Waals surface area contributed by atoms with Crippen LogP contribution < -0.4 is 0 Å². The molecule has 124 valence electrons. The van der Waals surface area contributed by atoms with Gasteiger partial charge in [0.1, 0.15) is 0 Å². The molecule has 1 aliphatic carbocycles. The van der Waals surface area contributed by atoms with Gasteiger partial charge < -0.3 is 4.90 Å². The number of amides is 1. The van der Waals surface area contributed by atoms with Gasteiger partial charge in [0.15, 0.2) is 0 Å². The Balaban J connectivity index is 1.59. The van der Waals surface area contributed by atoms with Crippen LogP contribution in [0.5, 0.6) is 0 Å². The molecule has 1 saturated carbocycles. The van der Waals surface area contributed by atoms with Crippen molar-refractivity contribution < 1.29 is 4.79 Å². The lowest BCUT2D eigenvalue weighted by Crippen LogP contribution is -2.56. The predicted octanol–water partition coefficient (Wildman–Crippen LogP) is 3.35. The summed E-state index contributed by atoms with van der Waals surface area (Å²) >= 11 is 0. The van der Waals surface area contributed by atoms with E-state index in [1.54, 1.807) is 0 Å². The number of carbonyl (C=O) groups is 1. The van der Waals surface area contributed by atoms with Gasteiger partial charge in [0.2, 0.25) is 5.91 Å². The highest BCUT2D eigenvalue weighted by Crippen LogP contribution is 2.41. The van der Waals surface area contributed by atoms with E-state index in [1.807, 2.05) is 0 Å². The van der Waals surface area contributed by atoms with Crippen LogP contribution in [0.25, 0.3) is 0 Å². The zero-order chi connectivity index (χ0) is 16.0. The lowest BCUT2D eigenvalue weighted by atomic mass is 9.75. The van der Waals surface area contributed by atoms with Gasteiger partial charge in [-0.1, -0.05) is 51.0 Å². The molecule has 2 fully saturated rings. The molecule has 3 nitrogen and oxygen atoms in total. The fourth-order valence-electron chi connectivity index (χ4n) is 4.93. The first-order valence-electron chi connectivity index (χ1n) is 9.18. The second-order valence-electron chi connectivity index (χ2n) is 8.22. The molecule has 2 aliphatic heterocycles. The van der Waals surface area contributed by atoms with Crippen LogP contribution in [0, 0.1) is 5.92 Å². The maximum absolute atomic E-state index is 12.8. The molecule has 1 aromatic rings. The quantitative estimate of drug-likeness (QED) is 0.794. The summed E-state index contributed by atoms with van der Waals surface area (Å²) in [6.07, 6.45) is 4.67. The highest BCUT2D eigenvalue weighted by atomic mass is 16.2. The van der Waals surface area contributed by atoms with Crippen molar-refractivity contribution in [1.82, 2.24) is 9.80 Å². The molecule has 1 unspecified atom stereocenters. The standard InChI is InChI=1S/C20H28N2O/c1-20(2)14-22-12-11-21(19(23)15-7-3-4-8-15)13-18(22)16-9-5-6-10-17(16)20/h5-6,9-10,15,18H,3-4,7-8,11-14H2,1-2H3. The number of rotatable bonds is 1. The Hall–Kier alpha value is -1.35. The summed E-state index contributed by atoms with van der Waals surface area (Å²) in [6.45, 7) is 8.59. The molecule has 0 aromatic heterocycles. The lowest BCUT2D eigenvalue weighted by Gasteiger charge is -2.50. The molecular formula is C20H28N2O. The van der Waals surface area contributed by atoms with Gasteiger partial charge in [-0.2, -0.15) is 0 Å². The van der Waals surface area contributed by atoms with Crippen molar-refractivity contribution in [3.63, 3.8) is 0 Å². The third-order valence-electron chi connectivity index (χ3n) is 6.15. The second kappa shape index (κ2) is 5.62. The largest absolute Gasteiger partial charge is 0.339 e. The van der Waals surface area contributed by atoms with Gasteiger partial charge in [-0.15, -0.1) is 0 Å². The number of fused-ring (bicyclic) bond motifs is 3. The zero-order valence-electron chi connectivity index (χ0n) is 14.4. The van der Waals surface area contributed by atoms with Crippen molar-refractivity contribution in [3.05, 3.63) is 35.4 Å². The zero-order valence-corrected chi connectivity index (χ0v) is 14.4. The summed E-state index contributed by atoms with van der Waals surface area (Å²) < 4.78 is 0. The number of benzene rings is 1. The summed E-state index contributed by atoms with van der Waals surface area (Å²) in [4.78, 5) is 17.6. The molecule has 4 rings (SSSR count). The van der Waals surface area contributed by atoms with Crippen LogP contribution in [0.4, 0.5) is 0 Å². The van der Waals surface area contributed by atoms with Crippen LogP contribution in [0.2, 0.25) is 0 Å². The third kappa shape index (κ3) is 2.59. The van der Waals surface area contributed by atoms with Crippen LogP contribution in [-0.4, -0.2) is 41.9 Å².